The highest BCUT2D eigenvalue weighted by atomic mass is 35.5. The highest BCUT2D eigenvalue weighted by Gasteiger charge is 2.02. The van der Waals surface area contributed by atoms with Crippen molar-refractivity contribution in [2.45, 2.75) is 19.4 Å². The predicted octanol–water partition coefficient (Wildman–Crippen LogP) is 2.42. The zero-order valence-electron chi connectivity index (χ0n) is 10.4. The maximum Gasteiger partial charge on any atom is 0.120 e. The molecule has 1 rings (SSSR count). The molecule has 96 valence electrons. The molecule has 1 atom stereocenters. The third-order valence-electron chi connectivity index (χ3n) is 2.47. The summed E-state index contributed by atoms with van der Waals surface area (Å²) in [5.74, 6) is 0.793. The lowest BCUT2D eigenvalue weighted by Gasteiger charge is -2.17. The van der Waals surface area contributed by atoms with Gasteiger partial charge in [0.15, 0.2) is 0 Å². The Labute approximate surface area is 108 Å². The lowest BCUT2D eigenvalue weighted by Crippen LogP contribution is -2.27. The standard InChI is InChI=1S/C13H20ClNO2/c1-11(16)6-7-15(2)8-9-17-13-5-3-4-12(14)10-13/h3-5,10-11,16H,6-9H2,1-2H3. The molecule has 17 heavy (non-hydrogen) atoms. The Hall–Kier alpha value is -0.770. The smallest absolute Gasteiger partial charge is 0.120 e. The van der Waals surface area contributed by atoms with Crippen LogP contribution in [0, 0.1) is 0 Å². The molecule has 4 heteroatoms. The Bertz CT molecular complexity index is 331. The second kappa shape index (κ2) is 7.54. The van der Waals surface area contributed by atoms with Gasteiger partial charge in [-0.3, -0.25) is 0 Å². The fraction of sp³-hybridized carbons (Fsp3) is 0.538. The highest BCUT2D eigenvalue weighted by Crippen LogP contribution is 2.16. The molecule has 0 aliphatic heterocycles. The van der Waals surface area contributed by atoms with Crippen molar-refractivity contribution in [3.63, 3.8) is 0 Å². The number of nitrogens with zero attached hydrogens (tertiary/aromatic N) is 1. The molecule has 0 heterocycles. The monoisotopic (exact) mass is 257 g/mol. The molecule has 1 unspecified atom stereocenters. The van der Waals surface area contributed by atoms with E-state index in [2.05, 4.69) is 4.90 Å². The number of halogens is 1. The van der Waals surface area contributed by atoms with E-state index in [9.17, 15) is 0 Å². The van der Waals surface area contributed by atoms with Crippen LogP contribution in [0.15, 0.2) is 24.3 Å². The van der Waals surface area contributed by atoms with Crippen LogP contribution < -0.4 is 4.74 Å². The zero-order valence-corrected chi connectivity index (χ0v) is 11.2. The summed E-state index contributed by atoms with van der Waals surface area (Å²) in [5, 5.41) is 9.85. The second-order valence-electron chi connectivity index (χ2n) is 4.25. The molecular formula is C13H20ClNO2. The number of hydrogen-bond donors (Lipinski definition) is 1. The molecule has 0 saturated heterocycles. The molecule has 0 spiro atoms. The molecule has 0 aliphatic rings. The van der Waals surface area contributed by atoms with Crippen molar-refractivity contribution >= 4 is 11.6 Å². The van der Waals surface area contributed by atoms with Gasteiger partial charge in [-0.25, -0.2) is 0 Å². The van der Waals surface area contributed by atoms with Gasteiger partial charge >= 0.3 is 0 Å². The third kappa shape index (κ3) is 6.51. The predicted molar refractivity (Wildman–Crippen MR) is 70.7 cm³/mol. The van der Waals surface area contributed by atoms with E-state index in [1.165, 1.54) is 0 Å². The van der Waals surface area contributed by atoms with E-state index in [0.717, 1.165) is 25.3 Å². The minimum Gasteiger partial charge on any atom is -0.492 e. The maximum atomic E-state index is 9.16. The highest BCUT2D eigenvalue weighted by molar-refractivity contribution is 6.30. The van der Waals surface area contributed by atoms with E-state index in [-0.39, 0.29) is 6.10 Å². The van der Waals surface area contributed by atoms with E-state index in [1.807, 2.05) is 25.2 Å². The molecule has 3 nitrogen and oxygen atoms in total. The Morgan fingerprint density at radius 3 is 2.82 bits per heavy atom. The first-order valence-electron chi connectivity index (χ1n) is 5.83. The molecule has 1 N–H and O–H groups in total. The fourth-order valence-corrected chi connectivity index (χ4v) is 1.58. The van der Waals surface area contributed by atoms with E-state index >= 15 is 0 Å². The maximum absolute atomic E-state index is 9.16. The second-order valence-corrected chi connectivity index (χ2v) is 4.68. The molecule has 0 fully saturated rings. The van der Waals surface area contributed by atoms with Gasteiger partial charge in [-0.2, -0.15) is 0 Å². The van der Waals surface area contributed by atoms with Crippen LogP contribution in [-0.4, -0.2) is 42.9 Å². The zero-order chi connectivity index (χ0) is 12.7. The summed E-state index contributed by atoms with van der Waals surface area (Å²) in [5.41, 5.74) is 0. The van der Waals surface area contributed by atoms with Crippen molar-refractivity contribution < 1.29 is 9.84 Å². The van der Waals surface area contributed by atoms with Gasteiger partial charge in [0.2, 0.25) is 0 Å². The van der Waals surface area contributed by atoms with Gasteiger partial charge in [0.1, 0.15) is 12.4 Å². The van der Waals surface area contributed by atoms with E-state index in [1.54, 1.807) is 13.0 Å². The Morgan fingerprint density at radius 2 is 2.18 bits per heavy atom. The van der Waals surface area contributed by atoms with Gasteiger partial charge in [-0.05, 0) is 38.6 Å². The van der Waals surface area contributed by atoms with Crippen LogP contribution in [0.4, 0.5) is 0 Å². The summed E-state index contributed by atoms with van der Waals surface area (Å²) >= 11 is 5.85. The summed E-state index contributed by atoms with van der Waals surface area (Å²) in [6.45, 7) is 4.13. The van der Waals surface area contributed by atoms with Gasteiger partial charge in [-0.1, -0.05) is 17.7 Å². The molecule has 0 radical (unpaired) electrons. The quantitative estimate of drug-likeness (QED) is 0.814. The normalized spacial score (nSPS) is 12.8. The molecule has 0 saturated carbocycles. The van der Waals surface area contributed by atoms with Crippen LogP contribution >= 0.6 is 11.6 Å². The van der Waals surface area contributed by atoms with Crippen molar-refractivity contribution in [1.82, 2.24) is 4.90 Å². The van der Waals surface area contributed by atoms with E-state index in [4.69, 9.17) is 21.4 Å². The average molecular weight is 258 g/mol. The van der Waals surface area contributed by atoms with Gasteiger partial charge in [0, 0.05) is 18.1 Å². The van der Waals surface area contributed by atoms with Crippen LogP contribution in [0.3, 0.4) is 0 Å². The number of hydrogen-bond acceptors (Lipinski definition) is 3. The van der Waals surface area contributed by atoms with E-state index in [0.29, 0.717) is 11.6 Å². The van der Waals surface area contributed by atoms with Crippen LogP contribution in [0.5, 0.6) is 5.75 Å². The Balaban J connectivity index is 2.19. The molecular weight excluding hydrogens is 238 g/mol. The van der Waals surface area contributed by atoms with Gasteiger partial charge in [0.25, 0.3) is 0 Å². The van der Waals surface area contributed by atoms with Crippen LogP contribution in [-0.2, 0) is 0 Å². The minimum absolute atomic E-state index is 0.244. The first-order valence-corrected chi connectivity index (χ1v) is 6.20. The summed E-state index contributed by atoms with van der Waals surface area (Å²) in [6, 6.07) is 7.39. The largest absolute Gasteiger partial charge is 0.492 e. The van der Waals surface area contributed by atoms with Crippen LogP contribution in [0.1, 0.15) is 13.3 Å². The lowest BCUT2D eigenvalue weighted by atomic mass is 10.3. The first-order chi connectivity index (χ1) is 8.08. The number of aliphatic hydroxyl groups is 1. The summed E-state index contributed by atoms with van der Waals surface area (Å²) in [6.07, 6.45) is 0.541. The molecule has 0 aliphatic carbocycles. The summed E-state index contributed by atoms with van der Waals surface area (Å²) < 4.78 is 5.58. The topological polar surface area (TPSA) is 32.7 Å². The fourth-order valence-electron chi connectivity index (χ4n) is 1.40. The average Bonchev–Trinajstić information content (AvgIpc) is 2.26. The van der Waals surface area contributed by atoms with Gasteiger partial charge < -0.3 is 14.7 Å². The minimum atomic E-state index is -0.244. The first kappa shape index (κ1) is 14.3. The lowest BCUT2D eigenvalue weighted by molar-refractivity contribution is 0.157. The van der Waals surface area contributed by atoms with E-state index < -0.39 is 0 Å². The van der Waals surface area contributed by atoms with Crippen LogP contribution in [0.2, 0.25) is 5.02 Å². The number of likely N-dealkylation sites (N-methyl/N-ethyl adjacent to an activating group) is 1. The summed E-state index contributed by atoms with van der Waals surface area (Å²) in [4.78, 5) is 2.14. The summed E-state index contributed by atoms with van der Waals surface area (Å²) in [7, 11) is 2.02. The van der Waals surface area contributed by atoms with Crippen molar-refractivity contribution in [3.8, 4) is 5.75 Å². The SMILES string of the molecule is CC(O)CCN(C)CCOc1cccc(Cl)c1. The van der Waals surface area contributed by atoms with Crippen molar-refractivity contribution in [1.29, 1.82) is 0 Å². The number of aliphatic hydroxyl groups excluding tert-OH is 1. The van der Waals surface area contributed by atoms with Gasteiger partial charge in [-0.15, -0.1) is 0 Å². The molecule has 0 aromatic heterocycles. The molecule has 1 aromatic rings. The molecule has 1 aromatic carbocycles. The molecule has 0 bridgehead atoms. The Kier molecular flexibility index (Phi) is 6.34. The van der Waals surface area contributed by atoms with Crippen molar-refractivity contribution in [2.75, 3.05) is 26.7 Å². The Morgan fingerprint density at radius 1 is 1.41 bits per heavy atom. The van der Waals surface area contributed by atoms with Crippen LogP contribution in [0.25, 0.3) is 0 Å². The number of benzene rings is 1. The molecule has 0 amide bonds. The van der Waals surface area contributed by atoms with Gasteiger partial charge in [0.05, 0.1) is 6.10 Å². The third-order valence-corrected chi connectivity index (χ3v) is 2.70. The van der Waals surface area contributed by atoms with Crippen molar-refractivity contribution in [2.24, 2.45) is 0 Å². The van der Waals surface area contributed by atoms with Crippen molar-refractivity contribution in [3.05, 3.63) is 29.3 Å². The number of ether oxygens (including phenoxy) is 1. The number of rotatable bonds is 7.